The predicted octanol–water partition coefficient (Wildman–Crippen LogP) is 1.93. The van der Waals surface area contributed by atoms with Crippen molar-refractivity contribution in [3.63, 3.8) is 0 Å². The van der Waals surface area contributed by atoms with E-state index in [-0.39, 0.29) is 12.2 Å². The van der Waals surface area contributed by atoms with Crippen molar-refractivity contribution in [2.45, 2.75) is 58.3 Å². The van der Waals surface area contributed by atoms with Crippen molar-refractivity contribution in [2.75, 3.05) is 5.75 Å². The van der Waals surface area contributed by atoms with Gasteiger partial charge >= 0.3 is 5.97 Å². The Hall–Kier alpha value is -0.580. The van der Waals surface area contributed by atoms with Gasteiger partial charge in [-0.05, 0) is 34.1 Å². The second-order valence-electron chi connectivity index (χ2n) is 4.92. The molecule has 0 rings (SSSR count). The summed E-state index contributed by atoms with van der Waals surface area (Å²) in [5.74, 6) is -0.587. The van der Waals surface area contributed by atoms with Crippen LogP contribution in [0.15, 0.2) is 0 Å². The van der Waals surface area contributed by atoms with Crippen LogP contribution in [0.1, 0.15) is 47.5 Å². The lowest BCUT2D eigenvalue weighted by atomic mass is 10.2. The van der Waals surface area contributed by atoms with Gasteiger partial charge in [-0.3, -0.25) is 4.79 Å². The Bertz CT molecular complexity index is 324. The fourth-order valence-corrected chi connectivity index (χ4v) is 2.43. The molecular formula is C11H22O4S. The number of sulfone groups is 1. The summed E-state index contributed by atoms with van der Waals surface area (Å²) in [5.41, 5.74) is -0.558. The van der Waals surface area contributed by atoms with Crippen LogP contribution >= 0.6 is 0 Å². The Balaban J connectivity index is 4.22. The number of rotatable bonds is 5. The lowest BCUT2D eigenvalue weighted by Gasteiger charge is -2.19. The second kappa shape index (κ2) is 5.66. The van der Waals surface area contributed by atoms with Crippen molar-refractivity contribution in [1.82, 2.24) is 0 Å². The van der Waals surface area contributed by atoms with Crippen molar-refractivity contribution in [3.8, 4) is 0 Å². The summed E-state index contributed by atoms with van der Waals surface area (Å²) in [7, 11) is -3.16. The van der Waals surface area contributed by atoms with Crippen molar-refractivity contribution >= 4 is 15.8 Å². The van der Waals surface area contributed by atoms with Gasteiger partial charge in [-0.25, -0.2) is 8.42 Å². The van der Waals surface area contributed by atoms with Crippen LogP contribution in [0.5, 0.6) is 0 Å². The lowest BCUT2D eigenvalue weighted by Crippen LogP contribution is -2.27. The summed E-state index contributed by atoms with van der Waals surface area (Å²) in [6.45, 7) is 8.75. The van der Waals surface area contributed by atoms with Crippen LogP contribution in [-0.2, 0) is 19.4 Å². The van der Waals surface area contributed by atoms with Crippen molar-refractivity contribution < 1.29 is 17.9 Å². The number of carbonyl (C=O) groups is 1. The van der Waals surface area contributed by atoms with Gasteiger partial charge in [-0.1, -0.05) is 6.92 Å². The summed E-state index contributed by atoms with van der Waals surface area (Å²) >= 11 is 0. The molecule has 16 heavy (non-hydrogen) atoms. The highest BCUT2D eigenvalue weighted by Crippen LogP contribution is 2.11. The Labute approximate surface area is 98.3 Å². The van der Waals surface area contributed by atoms with Crippen molar-refractivity contribution in [1.29, 1.82) is 0 Å². The maximum absolute atomic E-state index is 11.6. The van der Waals surface area contributed by atoms with Gasteiger partial charge in [0.05, 0.1) is 17.4 Å². The number of ether oxygens (including phenoxy) is 1. The monoisotopic (exact) mass is 250 g/mol. The van der Waals surface area contributed by atoms with E-state index in [1.165, 1.54) is 0 Å². The smallest absolute Gasteiger partial charge is 0.307 e. The molecule has 0 saturated carbocycles. The molecule has 0 aliphatic carbocycles. The molecule has 1 atom stereocenters. The summed E-state index contributed by atoms with van der Waals surface area (Å²) < 4.78 is 28.3. The largest absolute Gasteiger partial charge is 0.460 e. The molecule has 0 fully saturated rings. The minimum absolute atomic E-state index is 0.0655. The van der Waals surface area contributed by atoms with Crippen LogP contribution in [0.3, 0.4) is 0 Å². The van der Waals surface area contributed by atoms with E-state index in [2.05, 4.69) is 0 Å². The number of carbonyl (C=O) groups excluding carboxylic acids is 1. The highest BCUT2D eigenvalue weighted by atomic mass is 32.2. The molecule has 5 heteroatoms. The lowest BCUT2D eigenvalue weighted by molar-refractivity contribution is -0.154. The molecule has 1 unspecified atom stereocenters. The van der Waals surface area contributed by atoms with Gasteiger partial charge in [0.25, 0.3) is 0 Å². The van der Waals surface area contributed by atoms with Crippen LogP contribution in [0.25, 0.3) is 0 Å². The van der Waals surface area contributed by atoms with Crippen LogP contribution in [0.4, 0.5) is 0 Å². The number of hydrogen-bond donors (Lipinski definition) is 0. The molecule has 0 amide bonds. The number of hydrogen-bond acceptors (Lipinski definition) is 4. The Morgan fingerprint density at radius 2 is 1.81 bits per heavy atom. The molecular weight excluding hydrogens is 228 g/mol. The van der Waals surface area contributed by atoms with Crippen molar-refractivity contribution in [3.05, 3.63) is 0 Å². The van der Waals surface area contributed by atoms with E-state index in [0.717, 1.165) is 0 Å². The molecule has 0 aromatic carbocycles. The molecule has 0 spiro atoms. The van der Waals surface area contributed by atoms with E-state index in [9.17, 15) is 13.2 Å². The minimum Gasteiger partial charge on any atom is -0.460 e. The normalized spacial score (nSPS) is 14.6. The van der Waals surface area contributed by atoms with Crippen LogP contribution in [-0.4, -0.2) is 31.0 Å². The SMILES string of the molecule is CCC(C)S(=O)(=O)CCC(=O)OC(C)(C)C. The summed E-state index contributed by atoms with van der Waals surface area (Å²) in [6, 6.07) is 0. The zero-order valence-electron chi connectivity index (χ0n) is 10.7. The Morgan fingerprint density at radius 3 is 2.19 bits per heavy atom. The summed E-state index contributed by atoms with van der Waals surface area (Å²) in [4.78, 5) is 11.3. The fraction of sp³-hybridized carbons (Fsp3) is 0.909. The first-order chi connectivity index (χ1) is 7.08. The van der Waals surface area contributed by atoms with Gasteiger partial charge in [0, 0.05) is 0 Å². The van der Waals surface area contributed by atoms with Crippen LogP contribution < -0.4 is 0 Å². The molecule has 0 saturated heterocycles. The molecule has 0 aliphatic heterocycles. The predicted molar refractivity (Wildman–Crippen MR) is 64.0 cm³/mol. The van der Waals surface area contributed by atoms with Gasteiger partial charge in [-0.2, -0.15) is 0 Å². The standard InChI is InChI=1S/C11H22O4S/c1-6-9(2)16(13,14)8-7-10(12)15-11(3,4)5/h9H,6-8H2,1-5H3. The molecule has 0 aliphatic rings. The zero-order valence-corrected chi connectivity index (χ0v) is 11.6. The summed E-state index contributed by atoms with van der Waals surface area (Å²) in [6.07, 6.45) is 0.501. The van der Waals surface area contributed by atoms with Crippen LogP contribution in [0.2, 0.25) is 0 Å². The third kappa shape index (κ3) is 6.10. The van der Waals surface area contributed by atoms with E-state index >= 15 is 0 Å². The van der Waals surface area contributed by atoms with Crippen LogP contribution in [0, 0.1) is 0 Å². The third-order valence-corrected chi connectivity index (χ3v) is 4.53. The van der Waals surface area contributed by atoms with Gasteiger partial charge in [0.1, 0.15) is 5.60 Å². The molecule has 0 aromatic rings. The summed E-state index contributed by atoms with van der Waals surface area (Å²) in [5, 5.41) is -0.394. The molecule has 0 N–H and O–H groups in total. The quantitative estimate of drug-likeness (QED) is 0.699. The molecule has 0 aromatic heterocycles. The Kier molecular flexibility index (Phi) is 5.46. The average Bonchev–Trinajstić information content (AvgIpc) is 2.11. The Morgan fingerprint density at radius 1 is 1.31 bits per heavy atom. The topological polar surface area (TPSA) is 60.4 Å². The fourth-order valence-electron chi connectivity index (χ4n) is 1.07. The first-order valence-corrected chi connectivity index (χ1v) is 7.23. The van der Waals surface area contributed by atoms with E-state index < -0.39 is 26.7 Å². The highest BCUT2D eigenvalue weighted by Gasteiger charge is 2.22. The van der Waals surface area contributed by atoms with Gasteiger partial charge in [0.2, 0.25) is 0 Å². The molecule has 96 valence electrons. The maximum atomic E-state index is 11.6. The first kappa shape index (κ1) is 15.4. The maximum Gasteiger partial charge on any atom is 0.307 e. The van der Waals surface area contributed by atoms with E-state index in [0.29, 0.717) is 6.42 Å². The van der Waals surface area contributed by atoms with Gasteiger partial charge in [-0.15, -0.1) is 0 Å². The van der Waals surface area contributed by atoms with Crippen molar-refractivity contribution in [2.24, 2.45) is 0 Å². The average molecular weight is 250 g/mol. The number of esters is 1. The molecule has 0 radical (unpaired) electrons. The molecule has 0 bridgehead atoms. The minimum atomic E-state index is -3.16. The van der Waals surface area contributed by atoms with E-state index in [1.54, 1.807) is 27.7 Å². The second-order valence-corrected chi connectivity index (χ2v) is 7.46. The van der Waals surface area contributed by atoms with Gasteiger partial charge < -0.3 is 4.74 Å². The zero-order chi connectivity index (χ0) is 13.0. The highest BCUT2D eigenvalue weighted by molar-refractivity contribution is 7.92. The third-order valence-electron chi connectivity index (χ3n) is 2.20. The van der Waals surface area contributed by atoms with E-state index in [1.807, 2.05) is 6.92 Å². The van der Waals surface area contributed by atoms with E-state index in [4.69, 9.17) is 4.74 Å². The first-order valence-electron chi connectivity index (χ1n) is 5.52. The molecule has 4 nitrogen and oxygen atoms in total. The molecule has 0 heterocycles. The van der Waals surface area contributed by atoms with Gasteiger partial charge in [0.15, 0.2) is 9.84 Å².